The van der Waals surface area contributed by atoms with Crippen molar-refractivity contribution in [2.75, 3.05) is 20.3 Å². The predicted octanol–water partition coefficient (Wildman–Crippen LogP) is 2.29. The highest BCUT2D eigenvalue weighted by Crippen LogP contribution is 2.44. The molecule has 4 nitrogen and oxygen atoms in total. The largest absolute Gasteiger partial charge is 0.495 e. The number of hydrogen-bond acceptors (Lipinski definition) is 4. The number of nitriles is 1. The molecule has 1 heterocycles. The molecule has 1 aromatic rings. The van der Waals surface area contributed by atoms with E-state index in [-0.39, 0.29) is 6.42 Å². The van der Waals surface area contributed by atoms with Gasteiger partial charge < -0.3 is 14.2 Å². The van der Waals surface area contributed by atoms with Crippen molar-refractivity contribution >= 4 is 15.9 Å². The third kappa shape index (κ3) is 1.81. The fraction of sp³-hybridized carbons (Fsp3) is 0.364. The fourth-order valence-electron chi connectivity index (χ4n) is 1.66. The second-order valence-corrected chi connectivity index (χ2v) is 4.08. The fourth-order valence-corrected chi connectivity index (χ4v) is 2.27. The lowest BCUT2D eigenvalue weighted by atomic mass is 10.1. The van der Waals surface area contributed by atoms with Crippen LogP contribution in [0.5, 0.6) is 17.2 Å². The second-order valence-electron chi connectivity index (χ2n) is 3.23. The molecular weight excluding hydrogens is 274 g/mol. The van der Waals surface area contributed by atoms with Gasteiger partial charge in [0.1, 0.15) is 19.0 Å². The van der Waals surface area contributed by atoms with Gasteiger partial charge in [0.2, 0.25) is 0 Å². The molecule has 84 valence electrons. The van der Waals surface area contributed by atoms with Crippen LogP contribution in [-0.2, 0) is 6.42 Å². The Balaban J connectivity index is 2.59. The van der Waals surface area contributed by atoms with Gasteiger partial charge in [0.15, 0.2) is 11.5 Å². The molecule has 0 atom stereocenters. The van der Waals surface area contributed by atoms with E-state index in [1.165, 1.54) is 0 Å². The van der Waals surface area contributed by atoms with Gasteiger partial charge in [-0.15, -0.1) is 0 Å². The van der Waals surface area contributed by atoms with Crippen molar-refractivity contribution in [2.24, 2.45) is 0 Å². The minimum absolute atomic E-state index is 0.230. The normalized spacial score (nSPS) is 13.1. The van der Waals surface area contributed by atoms with Gasteiger partial charge in [0, 0.05) is 6.07 Å². The summed E-state index contributed by atoms with van der Waals surface area (Å²) in [6.45, 7) is 1.02. The van der Waals surface area contributed by atoms with Crippen LogP contribution in [0.1, 0.15) is 5.56 Å². The number of rotatable bonds is 2. The van der Waals surface area contributed by atoms with Crippen LogP contribution in [0.15, 0.2) is 10.5 Å². The Morgan fingerprint density at radius 3 is 2.94 bits per heavy atom. The molecule has 0 bridgehead atoms. The van der Waals surface area contributed by atoms with Crippen LogP contribution < -0.4 is 14.2 Å². The summed E-state index contributed by atoms with van der Waals surface area (Å²) in [5, 5.41) is 8.81. The van der Waals surface area contributed by atoms with E-state index in [9.17, 15) is 0 Å². The number of fused-ring (bicyclic) bond motifs is 1. The lowest BCUT2D eigenvalue weighted by molar-refractivity contribution is 0.169. The molecule has 5 heteroatoms. The van der Waals surface area contributed by atoms with Crippen molar-refractivity contribution in [3.63, 3.8) is 0 Å². The van der Waals surface area contributed by atoms with E-state index in [1.807, 2.05) is 0 Å². The van der Waals surface area contributed by atoms with Crippen LogP contribution >= 0.6 is 15.9 Å². The molecule has 2 rings (SSSR count). The highest BCUT2D eigenvalue weighted by Gasteiger charge is 2.22. The van der Waals surface area contributed by atoms with Gasteiger partial charge in [-0.25, -0.2) is 0 Å². The quantitative estimate of drug-likeness (QED) is 0.836. The zero-order chi connectivity index (χ0) is 11.5. The molecule has 0 N–H and O–H groups in total. The predicted molar refractivity (Wildman–Crippen MR) is 61.0 cm³/mol. The topological polar surface area (TPSA) is 51.5 Å². The maximum Gasteiger partial charge on any atom is 0.169 e. The Kier molecular flexibility index (Phi) is 3.20. The van der Waals surface area contributed by atoms with Gasteiger partial charge in [0.05, 0.1) is 29.6 Å². The average molecular weight is 284 g/mol. The Hall–Kier alpha value is -1.41. The first kappa shape index (κ1) is 11.1. The minimum Gasteiger partial charge on any atom is -0.495 e. The summed E-state index contributed by atoms with van der Waals surface area (Å²) in [6, 6.07) is 3.90. The summed E-state index contributed by atoms with van der Waals surface area (Å²) in [5.74, 6) is 1.91. The average Bonchev–Trinajstić information content (AvgIpc) is 2.29. The summed E-state index contributed by atoms with van der Waals surface area (Å²) in [6.07, 6.45) is 0.230. The molecule has 1 aliphatic rings. The SMILES string of the molecule is COc1c(Br)cc2c(c1CC#N)OCCO2. The van der Waals surface area contributed by atoms with E-state index in [4.69, 9.17) is 19.5 Å². The van der Waals surface area contributed by atoms with Crippen LogP contribution in [0.3, 0.4) is 0 Å². The molecule has 0 saturated heterocycles. The third-order valence-electron chi connectivity index (χ3n) is 2.29. The monoisotopic (exact) mass is 283 g/mol. The Bertz CT molecular complexity index is 454. The van der Waals surface area contributed by atoms with Crippen LogP contribution in [0.25, 0.3) is 0 Å². The number of halogens is 1. The molecular formula is C11H10BrNO3. The third-order valence-corrected chi connectivity index (χ3v) is 2.88. The van der Waals surface area contributed by atoms with Crippen LogP contribution in [0.4, 0.5) is 0 Å². The van der Waals surface area contributed by atoms with E-state index < -0.39 is 0 Å². The highest BCUT2D eigenvalue weighted by atomic mass is 79.9. The van der Waals surface area contributed by atoms with Gasteiger partial charge >= 0.3 is 0 Å². The summed E-state index contributed by atoms with van der Waals surface area (Å²) in [4.78, 5) is 0. The first-order valence-corrected chi connectivity index (χ1v) is 5.59. The van der Waals surface area contributed by atoms with Crippen LogP contribution in [0, 0.1) is 11.3 Å². The number of methoxy groups -OCH3 is 1. The molecule has 0 aromatic heterocycles. The lowest BCUT2D eigenvalue weighted by Crippen LogP contribution is -2.17. The molecule has 1 aromatic carbocycles. The van der Waals surface area contributed by atoms with Crippen molar-refractivity contribution in [3.05, 3.63) is 16.1 Å². The standard InChI is InChI=1S/C11H10BrNO3/c1-14-10-7(2-3-13)11-9(6-8(10)12)15-4-5-16-11/h6H,2,4-5H2,1H3. The zero-order valence-electron chi connectivity index (χ0n) is 8.75. The zero-order valence-corrected chi connectivity index (χ0v) is 10.3. The van der Waals surface area contributed by atoms with E-state index in [0.717, 1.165) is 10.0 Å². The molecule has 0 fully saturated rings. The molecule has 1 aliphatic heterocycles. The molecule has 0 spiro atoms. The highest BCUT2D eigenvalue weighted by molar-refractivity contribution is 9.10. The second kappa shape index (κ2) is 4.62. The van der Waals surface area contributed by atoms with Gasteiger partial charge in [-0.1, -0.05) is 0 Å². The maximum absolute atomic E-state index is 8.81. The number of hydrogen-bond donors (Lipinski definition) is 0. The number of nitrogens with zero attached hydrogens (tertiary/aromatic N) is 1. The lowest BCUT2D eigenvalue weighted by Gasteiger charge is -2.22. The first-order chi connectivity index (χ1) is 7.77. The molecule has 0 unspecified atom stereocenters. The van der Waals surface area contributed by atoms with Crippen molar-refractivity contribution in [3.8, 4) is 23.3 Å². The number of benzene rings is 1. The van der Waals surface area contributed by atoms with Crippen molar-refractivity contribution in [2.45, 2.75) is 6.42 Å². The van der Waals surface area contributed by atoms with Crippen LogP contribution in [-0.4, -0.2) is 20.3 Å². The Labute approximate surface area is 102 Å². The van der Waals surface area contributed by atoms with Gasteiger partial charge in [0.25, 0.3) is 0 Å². The summed E-state index contributed by atoms with van der Waals surface area (Å²) in [7, 11) is 1.57. The van der Waals surface area contributed by atoms with E-state index in [0.29, 0.717) is 30.5 Å². The van der Waals surface area contributed by atoms with Gasteiger partial charge in [-0.3, -0.25) is 0 Å². The van der Waals surface area contributed by atoms with E-state index >= 15 is 0 Å². The minimum atomic E-state index is 0.230. The molecule has 0 radical (unpaired) electrons. The smallest absolute Gasteiger partial charge is 0.169 e. The van der Waals surface area contributed by atoms with Gasteiger partial charge in [-0.05, 0) is 15.9 Å². The molecule has 0 saturated carbocycles. The van der Waals surface area contributed by atoms with Crippen molar-refractivity contribution in [1.82, 2.24) is 0 Å². The maximum atomic E-state index is 8.81. The summed E-state index contributed by atoms with van der Waals surface area (Å²) >= 11 is 3.39. The van der Waals surface area contributed by atoms with Crippen LogP contribution in [0.2, 0.25) is 0 Å². The first-order valence-electron chi connectivity index (χ1n) is 4.80. The Morgan fingerprint density at radius 2 is 2.25 bits per heavy atom. The van der Waals surface area contributed by atoms with Gasteiger partial charge in [-0.2, -0.15) is 5.26 Å². The Morgan fingerprint density at radius 1 is 1.50 bits per heavy atom. The van der Waals surface area contributed by atoms with Crippen molar-refractivity contribution < 1.29 is 14.2 Å². The summed E-state index contributed by atoms with van der Waals surface area (Å²) < 4.78 is 17.0. The number of ether oxygens (including phenoxy) is 3. The molecule has 0 amide bonds. The summed E-state index contributed by atoms with van der Waals surface area (Å²) in [5.41, 5.74) is 0.731. The van der Waals surface area contributed by atoms with E-state index in [1.54, 1.807) is 13.2 Å². The molecule has 0 aliphatic carbocycles. The molecule has 16 heavy (non-hydrogen) atoms. The van der Waals surface area contributed by atoms with Crippen molar-refractivity contribution in [1.29, 1.82) is 5.26 Å². The van der Waals surface area contributed by atoms with E-state index in [2.05, 4.69) is 22.0 Å².